The first-order valence-electron chi connectivity index (χ1n) is 40.7. The van der Waals surface area contributed by atoms with Gasteiger partial charge in [0.15, 0.2) is 16.9 Å². The van der Waals surface area contributed by atoms with Crippen LogP contribution < -0.4 is 48.5 Å². The molecule has 26 nitrogen and oxygen atoms in total. The van der Waals surface area contributed by atoms with E-state index in [4.69, 9.17) is 16.1 Å². The minimum absolute atomic E-state index is 0.125. The maximum Gasteiger partial charge on any atom is 0.335 e. The van der Waals surface area contributed by atoms with E-state index in [2.05, 4.69) is 73.1 Å². The third-order valence-corrected chi connectivity index (χ3v) is 22.8. The van der Waals surface area contributed by atoms with Crippen LogP contribution >= 0.6 is 0 Å². The van der Waals surface area contributed by atoms with E-state index in [0.29, 0.717) is 57.2 Å². The highest BCUT2D eigenvalue weighted by molar-refractivity contribution is 6.07. The summed E-state index contributed by atoms with van der Waals surface area (Å²) in [5.74, 6) is -1.05. The molecule has 3 fully saturated rings. The summed E-state index contributed by atoms with van der Waals surface area (Å²) in [7, 11) is 6.09. The van der Waals surface area contributed by atoms with E-state index in [1.165, 1.54) is 142 Å². The molecule has 26 heteroatoms. The topological polar surface area (TPSA) is 385 Å². The molecule has 12 aromatic rings. The molecule has 0 aliphatic heterocycles. The Bertz CT molecular complexity index is 5590. The van der Waals surface area contributed by atoms with Crippen molar-refractivity contribution in [2.24, 2.45) is 21.1 Å². The Kier molecular flexibility index (Phi) is 27.2. The number of fused-ring (bicyclic) bond motifs is 3. The summed E-state index contributed by atoms with van der Waals surface area (Å²) in [6.07, 6.45) is 23.7. The molecule has 15 rings (SSSR count). The van der Waals surface area contributed by atoms with Crippen LogP contribution in [0.1, 0.15) is 203 Å². The number of pyridine rings is 3. The normalized spacial score (nSPS) is 14.7. The number of carboxylic acids is 1. The molecular weight excluding hydrogens is 1500 g/mol. The number of aryl methyl sites for hydroxylation is 3. The van der Waals surface area contributed by atoms with Crippen molar-refractivity contribution in [3.05, 3.63) is 244 Å². The van der Waals surface area contributed by atoms with Crippen molar-refractivity contribution in [3.8, 4) is 34.2 Å². The molecule has 0 bridgehead atoms. The summed E-state index contributed by atoms with van der Waals surface area (Å²) in [6, 6.07) is 53.7. The zero-order valence-electron chi connectivity index (χ0n) is 69.0. The Morgan fingerprint density at radius 1 is 0.420 bits per heavy atom. The molecule has 2 unspecified atom stereocenters. The number of carbonyl (C=O) groups excluding carboxylic acids is 5. The van der Waals surface area contributed by atoms with Crippen LogP contribution in [0.25, 0.3) is 66.9 Å². The maximum atomic E-state index is 13.4. The highest BCUT2D eigenvalue weighted by atomic mass is 16.8. The van der Waals surface area contributed by atoms with Gasteiger partial charge in [0.1, 0.15) is 11.1 Å². The molecule has 2 atom stereocenters. The summed E-state index contributed by atoms with van der Waals surface area (Å²) < 4.78 is 6.42. The number of rotatable bonds is 19. The van der Waals surface area contributed by atoms with Crippen LogP contribution in [0.2, 0.25) is 0 Å². The lowest BCUT2D eigenvalue weighted by Gasteiger charge is -2.25. The summed E-state index contributed by atoms with van der Waals surface area (Å²) in [4.78, 5) is 89.6. The van der Waals surface area contributed by atoms with Crippen molar-refractivity contribution >= 4 is 102 Å². The van der Waals surface area contributed by atoms with Crippen LogP contribution in [0.4, 0.5) is 34.1 Å². The number of anilines is 4. The third kappa shape index (κ3) is 20.3. The highest BCUT2D eigenvalue weighted by Gasteiger charge is 2.35. The Hall–Kier alpha value is -12.3. The number of aromatic carboxylic acids is 1. The van der Waals surface area contributed by atoms with Crippen molar-refractivity contribution in [3.63, 3.8) is 0 Å². The number of nitrogens with zero attached hydrogens (tertiary/aromatic N) is 6. The number of quaternary nitrogens is 3. The van der Waals surface area contributed by atoms with Crippen LogP contribution in [0.15, 0.2) is 201 Å². The third-order valence-electron chi connectivity index (χ3n) is 22.8. The number of nitrogen functional groups attached to an aromatic ring is 1. The Balaban J connectivity index is 0.000000153. The van der Waals surface area contributed by atoms with Crippen molar-refractivity contribution in [1.29, 1.82) is 0 Å². The monoisotopic (exact) mass is 1610 g/mol. The summed E-state index contributed by atoms with van der Waals surface area (Å²) in [6.45, 7) is 10.1. The van der Waals surface area contributed by atoms with Gasteiger partial charge in [0.25, 0.3) is 17.7 Å². The van der Waals surface area contributed by atoms with Gasteiger partial charge in [0.2, 0.25) is 11.8 Å². The molecule has 620 valence electrons. The van der Waals surface area contributed by atoms with E-state index < -0.39 is 38.9 Å². The highest BCUT2D eigenvalue weighted by Crippen LogP contribution is 2.47. The fraction of sp³-hybridized carbons (Fsp3) is 0.323. The zero-order chi connectivity index (χ0) is 85.0. The van der Waals surface area contributed by atoms with E-state index in [-0.39, 0.29) is 35.0 Å². The molecule has 6 aromatic carbocycles. The molecule has 6 heterocycles. The van der Waals surface area contributed by atoms with Gasteiger partial charge in [-0.1, -0.05) is 94.2 Å². The van der Waals surface area contributed by atoms with E-state index in [9.17, 15) is 44.3 Å². The number of benzene rings is 6. The first-order chi connectivity index (χ1) is 56.9. The summed E-state index contributed by atoms with van der Waals surface area (Å²) >= 11 is 0. The van der Waals surface area contributed by atoms with Crippen LogP contribution in [0, 0.1) is 10.4 Å². The molecule has 3 aliphatic carbocycles. The minimum atomic E-state index is -1.22. The molecule has 5 amide bonds. The molecule has 3 saturated carbocycles. The largest absolute Gasteiger partial charge is 0.595 e. The van der Waals surface area contributed by atoms with Crippen molar-refractivity contribution in [2.75, 3.05) is 21.7 Å². The number of carboxylic acid groups (broad SMARTS) is 1. The van der Waals surface area contributed by atoms with Gasteiger partial charge < -0.3 is 67.3 Å². The van der Waals surface area contributed by atoms with Crippen LogP contribution in [-0.2, 0) is 35.5 Å². The first-order valence-corrected chi connectivity index (χ1v) is 40.7. The molecular formula is C93H108N15O11+. The quantitative estimate of drug-likeness (QED) is 0.0264. The molecule has 15 N–H and O–H groups in total. The van der Waals surface area contributed by atoms with Gasteiger partial charge in [-0.3, -0.25) is 38.9 Å². The second-order valence-electron chi connectivity index (χ2n) is 32.9. The summed E-state index contributed by atoms with van der Waals surface area (Å²) in [5.41, 5.74) is 23.3. The number of hydrogen-bond donors (Lipinski definition) is 12. The van der Waals surface area contributed by atoms with Gasteiger partial charge in [0.05, 0.1) is 39.7 Å². The molecule has 0 spiro atoms. The molecule has 119 heavy (non-hydrogen) atoms. The number of hydrogen-bond acceptors (Lipinski definition) is 14. The van der Waals surface area contributed by atoms with Gasteiger partial charge in [0, 0.05) is 131 Å². The average molecular weight is 1610 g/mol. The second kappa shape index (κ2) is 37.6. The zero-order valence-corrected chi connectivity index (χ0v) is 69.0. The van der Waals surface area contributed by atoms with E-state index in [0.717, 1.165) is 74.3 Å². The van der Waals surface area contributed by atoms with Crippen molar-refractivity contribution in [1.82, 2.24) is 39.3 Å². The second-order valence-corrected chi connectivity index (χ2v) is 32.9. The Morgan fingerprint density at radius 2 is 0.714 bits per heavy atom. The van der Waals surface area contributed by atoms with Crippen LogP contribution in [0.5, 0.6) is 0 Å². The standard InChI is InChI=1S/C31H35N5O4.C31H35N5O2.C21H22N2O2.C10H15N3O3/c1-31(2,30(38)33-22-13-15-23(16-14-22)36(39)40)34-29(37)21-12-17-24-26(19-21)35(3)28(25-11-7-8-18-32-25)27(24)20-9-5-4-6-10-20;1-31(2,30(38)34-23-15-13-22(32)14-16-23)35-29(37)21-12-17-24-26(19-21)36(3)28(25-11-7-8-18-33-25)27(24)20-9-5-4-6-10-20;1-23-18-13-15(21(24)25)10-11-16(18)19(14-7-3-2-4-8-14)20(23)17-9-5-6-12-22-17;1-10(2,11)9(14)12-7-3-5-8(6-4-7)13(15)16/h7-8,11-20,36,39H,4-6,9-10H2,1-3H3,(H,33,38)(H,34,37);7-8,11-20H,4-6,9-10,32H2,1-3H3,(H,34,38)(H,35,37);5-6,9-14H,2-4,7-8H2,1H3,(H,24,25);3-6,13,15H,11H2,1-2H3,(H,12,14)/p+1. The summed E-state index contributed by atoms with van der Waals surface area (Å²) in [5, 5.41) is 64.3. The van der Waals surface area contributed by atoms with E-state index in [1.807, 2.05) is 125 Å². The van der Waals surface area contributed by atoms with Crippen LogP contribution in [0.3, 0.4) is 0 Å². The molecule has 0 radical (unpaired) electrons. The van der Waals surface area contributed by atoms with E-state index >= 15 is 0 Å². The fourth-order valence-electron chi connectivity index (χ4n) is 16.3. The maximum absolute atomic E-state index is 13.4. The number of amides is 5. The number of aromatic nitrogens is 6. The first kappa shape index (κ1) is 86.1. The van der Waals surface area contributed by atoms with Gasteiger partial charge >= 0.3 is 5.97 Å². The smallest absolute Gasteiger partial charge is 0.335 e. The Morgan fingerprint density at radius 3 is 1.00 bits per heavy atom. The van der Waals surface area contributed by atoms with E-state index in [1.54, 1.807) is 90.1 Å². The number of nitrogens with two attached hydrogens (primary N) is 1. The van der Waals surface area contributed by atoms with Gasteiger partial charge in [-0.15, -0.1) is 0 Å². The van der Waals surface area contributed by atoms with Crippen LogP contribution in [-0.4, -0.2) is 96.3 Å². The SMILES string of the molecule is CC(C)([NH3+])C(=O)Nc1ccc([NH+]([O-])O)cc1.Cn1c(-c2ccccn2)c(C2CCCCC2)c2ccc(C(=O)NC(C)(C)C(=O)Nc3ccc(N)cc3)cc21.Cn1c(-c2ccccn2)c(C2CCCCC2)c2ccc(C(=O)NC(C)(C)C(=O)Nc3ccc([NH+]([O-])O)cc3)cc21.Cn1c(-c2ccccn2)c(C2CCCCC2)c2ccc(C(=O)O)cc21. The van der Waals surface area contributed by atoms with Crippen molar-refractivity contribution < 1.29 is 60.5 Å². The lowest BCUT2D eigenvalue weighted by atomic mass is 9.82. The lowest BCUT2D eigenvalue weighted by Crippen LogP contribution is -2.99. The number of nitrogens with one attached hydrogen (secondary N) is 7. The lowest BCUT2D eigenvalue weighted by molar-refractivity contribution is -0.991. The van der Waals surface area contributed by atoms with Crippen molar-refractivity contribution in [2.45, 2.75) is 172 Å². The fourth-order valence-corrected chi connectivity index (χ4v) is 16.3. The minimum Gasteiger partial charge on any atom is -0.595 e. The van der Waals surface area contributed by atoms with Gasteiger partial charge in [-0.25, -0.2) is 15.2 Å². The van der Waals surface area contributed by atoms with Gasteiger partial charge in [-0.2, -0.15) is 10.5 Å². The molecule has 6 aromatic heterocycles. The Labute approximate surface area is 692 Å². The molecule has 0 saturated heterocycles. The van der Waals surface area contributed by atoms with Gasteiger partial charge in [-0.05, 0) is 236 Å². The predicted octanol–water partition coefficient (Wildman–Crippen LogP) is 14.9. The average Bonchev–Trinajstić information content (AvgIpc) is 1.61. The predicted molar refractivity (Wildman–Crippen MR) is 464 cm³/mol. The molecule has 3 aliphatic rings. The number of carbonyl (C=O) groups is 6.